The van der Waals surface area contributed by atoms with E-state index in [2.05, 4.69) is 73.9 Å². The van der Waals surface area contributed by atoms with E-state index in [1.165, 1.54) is 19.4 Å². The highest BCUT2D eigenvalue weighted by Gasteiger charge is 2.36. The average molecular weight is 1540 g/mol. The number of nitrogens with two attached hydrogens (primary N) is 1. The largest absolute Gasteiger partial charge is 0.549 e. The summed E-state index contributed by atoms with van der Waals surface area (Å²) in [4.78, 5) is 205. The number of aliphatic carboxylic acids is 2. The molecule has 0 spiro atoms. The number of likely N-dealkylation sites (tertiary alicyclic amines) is 1. The second-order valence-corrected chi connectivity index (χ2v) is 29.5. The third-order valence-corrected chi connectivity index (χ3v) is 19.0. The predicted molar refractivity (Wildman–Crippen MR) is 399 cm³/mol. The summed E-state index contributed by atoms with van der Waals surface area (Å²) >= 11 is 0. The summed E-state index contributed by atoms with van der Waals surface area (Å²) in [5, 5.41) is 60.0. The molecule has 0 saturated carbocycles. The third-order valence-electron chi connectivity index (χ3n) is 19.0. The Balaban J connectivity index is 1.09. The zero-order valence-electron chi connectivity index (χ0n) is 63.7. The van der Waals surface area contributed by atoms with Crippen LogP contribution in [0.3, 0.4) is 0 Å². The van der Waals surface area contributed by atoms with Crippen molar-refractivity contribution in [3.63, 3.8) is 0 Å². The number of hydrogen-bond acceptors (Lipinski definition) is 21. The van der Waals surface area contributed by atoms with Crippen LogP contribution in [0.1, 0.15) is 110 Å². The highest BCUT2D eigenvalue weighted by molar-refractivity contribution is 5.98. The number of aromatic nitrogens is 3. The molecule has 2 aromatic heterocycles. The fraction of sp³-hybridized carbons (Fsp3) is 0.581. The second-order valence-electron chi connectivity index (χ2n) is 29.5. The van der Waals surface area contributed by atoms with E-state index in [1.807, 2.05) is 37.5 Å². The number of carbonyl (C=O) groups is 14. The first-order chi connectivity index (χ1) is 52.2. The molecule has 604 valence electrons. The number of hydrogen-bond donors (Lipinski definition) is 16. The number of imidazole rings is 1. The van der Waals surface area contributed by atoms with Crippen LogP contribution in [0.2, 0.25) is 0 Å². The highest BCUT2D eigenvalue weighted by Crippen LogP contribution is 2.21. The fourth-order valence-corrected chi connectivity index (χ4v) is 13.0. The number of para-hydroxylation sites is 1. The Morgan fingerprint density at radius 3 is 1.72 bits per heavy atom. The van der Waals surface area contributed by atoms with Crippen LogP contribution in [-0.4, -0.2) is 273 Å². The standard InChI is InChI=1S/C74H111N19O17/c1-43(2)29-54(59(94)34-61(96)83-55(68(76)104)30-44(3)4)87-73(109)58(33-50-36-77-42-80-50)84-62(97)37-79-74(110)67(45(5)6)89-69(105)46(7)81-71(107)57(32-48-35-78-52-16-12-11-15-51(48)52)88-70(106)53(17-18-60(75)95)86-72(108)56(31-47-13-9-8-10-14-47)85-64(99)39-90-21-19-49(20-22-90)82-63(98)38-91-23-25-92(40-65(100)101)27-28-93(26-24-91)41-66(102)103/h8-16,35-36,42-46,49,53-59,67,78,94H,17-34,37-41H2,1-7H3,(H2,75,95)(H2,76,104)(H,77,80)(H,79,110)(H,81,107)(H,82,98)(H,83,96)(H,84,97)(H,85,99)(H,86,108)(H,87,109)(H,88,106)(H,89,105)(H,100,101)(H,102,103). The zero-order chi connectivity index (χ0) is 80.7. The molecular weight excluding hydrogens is 1430 g/mol. The van der Waals surface area contributed by atoms with Crippen LogP contribution in [-0.2, 0) is 86.4 Å². The quantitative estimate of drug-likeness (QED) is 0.0197. The number of nitrogens with one attached hydrogen (secondary N) is 12. The molecule has 6 rings (SSSR count). The van der Waals surface area contributed by atoms with E-state index in [9.17, 15) is 82.4 Å². The third kappa shape index (κ3) is 31.0. The molecule has 9 unspecified atom stereocenters. The van der Waals surface area contributed by atoms with E-state index in [0.717, 1.165) is 0 Å². The van der Waals surface area contributed by atoms with Crippen LogP contribution in [0.5, 0.6) is 0 Å². The number of amides is 12. The van der Waals surface area contributed by atoms with Gasteiger partial charge in [-0.05, 0) is 74.0 Å². The number of fused-ring (bicyclic) bond motifs is 1. The number of carboxylic acid groups (broad SMARTS) is 2. The van der Waals surface area contributed by atoms with Crippen molar-refractivity contribution in [1.82, 2.24) is 87.7 Å². The number of H-pyrrole nitrogens is 2. The van der Waals surface area contributed by atoms with Gasteiger partial charge in [-0.25, -0.2) is 9.78 Å². The average Bonchev–Trinajstić information content (AvgIpc) is 1.65. The number of benzene rings is 2. The lowest BCUT2D eigenvalue weighted by Crippen LogP contribution is -2.66. The Hall–Kier alpha value is -10.3. The van der Waals surface area contributed by atoms with Gasteiger partial charge in [-0.2, -0.15) is 0 Å². The molecule has 2 aromatic carbocycles. The van der Waals surface area contributed by atoms with Crippen LogP contribution in [0.15, 0.2) is 73.3 Å². The summed E-state index contributed by atoms with van der Waals surface area (Å²) in [5.41, 5.74) is 11.4. The normalized spacial score (nSPS) is 16.7. The maximum Gasteiger partial charge on any atom is 0.331 e. The summed E-state index contributed by atoms with van der Waals surface area (Å²) in [7, 11) is 0. The summed E-state index contributed by atoms with van der Waals surface area (Å²) in [6.45, 7) is 13.4. The van der Waals surface area contributed by atoms with Gasteiger partial charge < -0.3 is 89.0 Å². The molecule has 36 heteroatoms. The molecule has 9 atom stereocenters. The van der Waals surface area contributed by atoms with Gasteiger partial charge >= 0.3 is 11.9 Å². The van der Waals surface area contributed by atoms with Crippen molar-refractivity contribution in [3.8, 4) is 0 Å². The Labute approximate surface area is 639 Å². The number of carboxylic acids is 2. The maximum absolute atomic E-state index is 14.7. The first-order valence-electron chi connectivity index (χ1n) is 37.3. The van der Waals surface area contributed by atoms with Gasteiger partial charge in [0.1, 0.15) is 42.3 Å². The number of primary amides is 1. The Kier molecular flexibility index (Phi) is 35.8. The molecule has 4 heterocycles. The van der Waals surface area contributed by atoms with E-state index in [4.69, 9.17) is 5.73 Å². The SMILES string of the molecule is CC(C)CC(NC(=O)CC(O)C(CC(C)C)NC(=O)C(Cc1cnc[nH]1)NC(=O)CNC(=O)C(NC(=O)C(C)NC(=O)C(Cc1c[nH]c2ccccc12)NC(=O)C(CCC(N)=O)NC(=O)C(Cc1ccccc1)NC(=O)CN1CCC(NC(=O)CN2CCN(CC(=O)[O-])CCN(CC(=O)O)CC2)CC1)C(C)C)C([NH3+])=O. The molecule has 0 bridgehead atoms. The van der Waals surface area contributed by atoms with Crippen molar-refractivity contribution in [2.45, 2.75) is 173 Å². The van der Waals surface area contributed by atoms with Crippen LogP contribution < -0.4 is 69.7 Å². The van der Waals surface area contributed by atoms with E-state index in [0.29, 0.717) is 99.3 Å². The van der Waals surface area contributed by atoms with Gasteiger partial charge in [0.15, 0.2) is 0 Å². The van der Waals surface area contributed by atoms with Crippen LogP contribution in [0.4, 0.5) is 0 Å². The Morgan fingerprint density at radius 2 is 1.12 bits per heavy atom. The lowest BCUT2D eigenvalue weighted by atomic mass is 9.96. The lowest BCUT2D eigenvalue weighted by molar-refractivity contribution is -0.309. The first-order valence-corrected chi connectivity index (χ1v) is 37.3. The number of rotatable bonds is 43. The summed E-state index contributed by atoms with van der Waals surface area (Å²) in [6, 6.07) is 5.44. The fourth-order valence-electron chi connectivity index (χ4n) is 13.0. The van der Waals surface area contributed by atoms with Crippen molar-refractivity contribution in [1.29, 1.82) is 0 Å². The van der Waals surface area contributed by atoms with Crippen molar-refractivity contribution < 1.29 is 88.2 Å². The molecule has 36 nitrogen and oxygen atoms in total. The van der Waals surface area contributed by atoms with Crippen molar-refractivity contribution in [2.75, 3.05) is 85.1 Å². The number of quaternary nitrogens is 1. The summed E-state index contributed by atoms with van der Waals surface area (Å²) < 4.78 is 0. The van der Waals surface area contributed by atoms with Gasteiger partial charge in [0.2, 0.25) is 65.0 Å². The molecule has 110 heavy (non-hydrogen) atoms. The van der Waals surface area contributed by atoms with Crippen LogP contribution >= 0.6 is 0 Å². The van der Waals surface area contributed by atoms with Gasteiger partial charge in [0.05, 0.1) is 57.0 Å². The van der Waals surface area contributed by atoms with Crippen molar-refractivity contribution >= 4 is 93.7 Å². The van der Waals surface area contributed by atoms with E-state index < -0.39 is 157 Å². The molecule has 4 aromatic rings. The van der Waals surface area contributed by atoms with E-state index in [-0.39, 0.29) is 82.1 Å². The lowest BCUT2D eigenvalue weighted by Gasteiger charge is -2.33. The van der Waals surface area contributed by atoms with E-state index >= 15 is 0 Å². The summed E-state index contributed by atoms with van der Waals surface area (Å²) in [5.74, 6) is -11.6. The number of aliphatic hydroxyl groups is 1. The molecule has 2 fully saturated rings. The second kappa shape index (κ2) is 44.4. The number of aliphatic hydroxyl groups excluding tert-OH is 1. The van der Waals surface area contributed by atoms with Crippen LogP contribution in [0.25, 0.3) is 10.9 Å². The molecule has 0 aliphatic carbocycles. The molecule has 0 radical (unpaired) electrons. The molecule has 2 aliphatic heterocycles. The molecular formula is C74H111N19O17. The maximum atomic E-state index is 14.7. The minimum atomic E-state index is -1.54. The topological polar surface area (TPSA) is 534 Å². The number of piperidine rings is 1. The Morgan fingerprint density at radius 1 is 0.573 bits per heavy atom. The predicted octanol–water partition coefficient (Wildman–Crippen LogP) is -5.20. The smallest absolute Gasteiger partial charge is 0.331 e. The van der Waals surface area contributed by atoms with Gasteiger partial charge in [-0.3, -0.25) is 82.9 Å². The van der Waals surface area contributed by atoms with E-state index in [1.54, 1.807) is 84.4 Å². The Bertz CT molecular complexity index is 3730. The molecule has 12 amide bonds. The number of aromatic amines is 2. The molecule has 19 N–H and O–H groups in total. The number of carbonyl (C=O) groups excluding carboxylic acids is 13. The van der Waals surface area contributed by atoms with Gasteiger partial charge in [-0.1, -0.05) is 90.1 Å². The molecule has 2 aliphatic rings. The monoisotopic (exact) mass is 1540 g/mol. The molecule has 2 saturated heterocycles. The first kappa shape index (κ1) is 88.6. The van der Waals surface area contributed by atoms with Gasteiger partial charge in [-0.15, -0.1) is 0 Å². The number of nitrogens with zero attached hydrogens (tertiary/aromatic N) is 5. The highest BCUT2D eigenvalue weighted by atomic mass is 16.4. The summed E-state index contributed by atoms with van der Waals surface area (Å²) in [6.07, 6.45) is 2.93. The van der Waals surface area contributed by atoms with Gasteiger partial charge in [0.25, 0.3) is 0 Å². The van der Waals surface area contributed by atoms with Crippen molar-refractivity contribution in [3.05, 3.63) is 90.1 Å². The van der Waals surface area contributed by atoms with Crippen LogP contribution in [0, 0.1) is 17.8 Å². The minimum absolute atomic E-state index is 0.0183. The zero-order valence-corrected chi connectivity index (χ0v) is 63.7. The van der Waals surface area contributed by atoms with Gasteiger partial charge in [0, 0.05) is 120 Å². The van der Waals surface area contributed by atoms with Crippen molar-refractivity contribution in [2.24, 2.45) is 23.5 Å². The minimum Gasteiger partial charge on any atom is -0.549 e.